The van der Waals surface area contributed by atoms with Crippen molar-refractivity contribution in [3.05, 3.63) is 77.0 Å². The van der Waals surface area contributed by atoms with Crippen molar-refractivity contribution in [2.45, 2.75) is 24.8 Å². The van der Waals surface area contributed by atoms with Crippen molar-refractivity contribution < 1.29 is 13.2 Å². The molecule has 0 fully saturated rings. The molecule has 0 radical (unpaired) electrons. The van der Waals surface area contributed by atoms with Crippen LogP contribution in [0.15, 0.2) is 70.6 Å². The predicted octanol–water partition coefficient (Wildman–Crippen LogP) is 3.23. The third kappa shape index (κ3) is 4.26. The highest BCUT2D eigenvalue weighted by molar-refractivity contribution is 7.92. The minimum absolute atomic E-state index is 0.0627. The lowest BCUT2D eigenvalue weighted by atomic mass is 10.1. The summed E-state index contributed by atoms with van der Waals surface area (Å²) in [6.07, 6.45) is 3.20. The Kier molecular flexibility index (Phi) is 5.36. The lowest BCUT2D eigenvalue weighted by Gasteiger charge is -2.13. The number of H-pyrrole nitrogens is 2. The molecule has 2 aromatic carbocycles. The quantitative estimate of drug-likeness (QED) is 0.286. The van der Waals surface area contributed by atoms with Gasteiger partial charge >= 0.3 is 5.69 Å². The zero-order valence-electron chi connectivity index (χ0n) is 18.7. The number of aromatic amines is 2. The van der Waals surface area contributed by atoms with E-state index in [1.165, 1.54) is 36.5 Å². The Balaban J connectivity index is 1.41. The Labute approximate surface area is 199 Å². The molecule has 0 atom stereocenters. The monoisotopic (exact) mass is 491 g/mol. The molecule has 0 aliphatic heterocycles. The molecule has 0 bridgehead atoms. The molecule has 0 spiro atoms. The van der Waals surface area contributed by atoms with Crippen LogP contribution < -0.4 is 15.7 Å². The standard InChI is InChI=1S/C23H21N7O4S/c1-13(2)30-21-14(11-25-30)9-15(12-24-21)26-22(31)17-5-3-4-6-18(17)29-35(33,34)16-7-8-19-20(10-16)28-23(32)27-19/h3-13,29H,1-2H3,(H,26,31)(H2,27,28,32). The van der Waals surface area contributed by atoms with E-state index in [1.54, 1.807) is 29.1 Å². The number of amides is 1. The highest BCUT2D eigenvalue weighted by Crippen LogP contribution is 2.24. The number of hydrogen-bond acceptors (Lipinski definition) is 6. The van der Waals surface area contributed by atoms with Gasteiger partial charge in [0.1, 0.15) is 0 Å². The summed E-state index contributed by atoms with van der Waals surface area (Å²) in [5.74, 6) is -0.508. The van der Waals surface area contributed by atoms with Crippen LogP contribution in [0, 0.1) is 0 Å². The molecular formula is C23H21N7O4S. The largest absolute Gasteiger partial charge is 0.323 e. The second kappa shape index (κ2) is 8.40. The lowest BCUT2D eigenvalue weighted by Crippen LogP contribution is -2.18. The number of rotatable bonds is 6. The number of carbonyl (C=O) groups excluding carboxylic acids is 1. The van der Waals surface area contributed by atoms with Crippen molar-refractivity contribution in [3.63, 3.8) is 0 Å². The molecule has 3 aromatic heterocycles. The maximum absolute atomic E-state index is 13.0. The zero-order valence-corrected chi connectivity index (χ0v) is 19.6. The first-order chi connectivity index (χ1) is 16.7. The fourth-order valence-electron chi connectivity index (χ4n) is 3.74. The topological polar surface area (TPSA) is 155 Å². The summed E-state index contributed by atoms with van der Waals surface area (Å²) < 4.78 is 30.3. The second-order valence-corrected chi connectivity index (χ2v) is 9.89. The van der Waals surface area contributed by atoms with E-state index in [9.17, 15) is 18.0 Å². The number of benzene rings is 2. The average molecular weight is 492 g/mol. The van der Waals surface area contributed by atoms with E-state index in [2.05, 4.69) is 30.1 Å². The van der Waals surface area contributed by atoms with Crippen LogP contribution in [0.3, 0.4) is 0 Å². The summed E-state index contributed by atoms with van der Waals surface area (Å²) in [4.78, 5) is 34.0. The Morgan fingerprint density at radius 2 is 1.80 bits per heavy atom. The van der Waals surface area contributed by atoms with Gasteiger partial charge < -0.3 is 15.3 Å². The minimum Gasteiger partial charge on any atom is -0.321 e. The highest BCUT2D eigenvalue weighted by Gasteiger charge is 2.20. The third-order valence-corrected chi connectivity index (χ3v) is 6.76. The van der Waals surface area contributed by atoms with Crippen LogP contribution in [0.25, 0.3) is 22.1 Å². The first-order valence-corrected chi connectivity index (χ1v) is 12.2. The van der Waals surface area contributed by atoms with Crippen molar-refractivity contribution >= 4 is 49.4 Å². The van der Waals surface area contributed by atoms with E-state index in [0.29, 0.717) is 22.4 Å². The fourth-order valence-corrected chi connectivity index (χ4v) is 4.84. The molecule has 0 saturated heterocycles. The number of nitrogens with one attached hydrogen (secondary N) is 4. The first kappa shape index (κ1) is 22.3. The SMILES string of the molecule is CC(C)n1ncc2cc(NC(=O)c3ccccc3NS(=O)(=O)c3ccc4[nH]c(=O)[nH]c4c3)cnc21. The number of anilines is 2. The molecule has 4 N–H and O–H groups in total. The van der Waals surface area contributed by atoms with Gasteiger partial charge in [0.05, 0.1) is 45.3 Å². The number of nitrogens with zero attached hydrogens (tertiary/aromatic N) is 3. The van der Waals surface area contributed by atoms with Crippen molar-refractivity contribution in [2.75, 3.05) is 10.0 Å². The summed E-state index contributed by atoms with van der Waals surface area (Å²) in [5.41, 5.74) is 1.79. The Bertz CT molecular complexity index is 1750. The molecule has 178 valence electrons. The number of fused-ring (bicyclic) bond motifs is 2. The number of hydrogen-bond donors (Lipinski definition) is 4. The zero-order chi connectivity index (χ0) is 24.7. The normalized spacial score (nSPS) is 11.9. The molecule has 5 rings (SSSR count). The number of pyridine rings is 1. The fraction of sp³-hybridized carbons (Fsp3) is 0.130. The Hall–Kier alpha value is -4.45. The van der Waals surface area contributed by atoms with Gasteiger partial charge in [0.15, 0.2) is 5.65 Å². The molecule has 35 heavy (non-hydrogen) atoms. The van der Waals surface area contributed by atoms with Gasteiger partial charge in [0.25, 0.3) is 15.9 Å². The number of para-hydroxylation sites is 1. The van der Waals surface area contributed by atoms with Crippen LogP contribution in [0.5, 0.6) is 0 Å². The summed E-state index contributed by atoms with van der Waals surface area (Å²) in [7, 11) is -4.05. The van der Waals surface area contributed by atoms with E-state index in [-0.39, 0.29) is 22.2 Å². The smallest absolute Gasteiger partial charge is 0.321 e. The van der Waals surface area contributed by atoms with Crippen LogP contribution in [-0.4, -0.2) is 39.1 Å². The van der Waals surface area contributed by atoms with Gasteiger partial charge in [0, 0.05) is 11.4 Å². The molecule has 11 nitrogen and oxygen atoms in total. The Morgan fingerprint density at radius 3 is 2.60 bits per heavy atom. The van der Waals surface area contributed by atoms with Gasteiger partial charge in [-0.25, -0.2) is 22.9 Å². The number of carbonyl (C=O) groups is 1. The molecule has 1 amide bonds. The van der Waals surface area contributed by atoms with Crippen molar-refractivity contribution in [1.82, 2.24) is 24.7 Å². The summed E-state index contributed by atoms with van der Waals surface area (Å²) in [6, 6.07) is 12.4. The van der Waals surface area contributed by atoms with E-state index >= 15 is 0 Å². The van der Waals surface area contributed by atoms with Crippen LogP contribution in [-0.2, 0) is 10.0 Å². The third-order valence-electron chi connectivity index (χ3n) is 5.39. The minimum atomic E-state index is -4.05. The summed E-state index contributed by atoms with van der Waals surface area (Å²) in [5, 5.41) is 7.85. The van der Waals surface area contributed by atoms with Gasteiger partial charge in [-0.05, 0) is 50.2 Å². The molecule has 12 heteroatoms. The molecule has 0 aliphatic carbocycles. The molecule has 0 unspecified atom stereocenters. The van der Waals surface area contributed by atoms with Crippen molar-refractivity contribution in [2.24, 2.45) is 0 Å². The molecule has 0 saturated carbocycles. The molecular weight excluding hydrogens is 470 g/mol. The summed E-state index contributed by atoms with van der Waals surface area (Å²) >= 11 is 0. The molecule has 0 aliphatic rings. The average Bonchev–Trinajstić information content (AvgIpc) is 3.40. The van der Waals surface area contributed by atoms with Gasteiger partial charge in [-0.3, -0.25) is 9.52 Å². The van der Waals surface area contributed by atoms with Gasteiger partial charge in [-0.1, -0.05) is 12.1 Å². The lowest BCUT2D eigenvalue weighted by molar-refractivity contribution is 0.102. The molecule has 5 aromatic rings. The van der Waals surface area contributed by atoms with Gasteiger partial charge in [0.2, 0.25) is 0 Å². The van der Waals surface area contributed by atoms with Gasteiger partial charge in [-0.15, -0.1) is 0 Å². The number of imidazole rings is 1. The van der Waals surface area contributed by atoms with Crippen LogP contribution >= 0.6 is 0 Å². The van der Waals surface area contributed by atoms with Gasteiger partial charge in [-0.2, -0.15) is 5.10 Å². The second-order valence-electron chi connectivity index (χ2n) is 8.21. The van der Waals surface area contributed by atoms with E-state index in [0.717, 1.165) is 5.39 Å². The number of aromatic nitrogens is 5. The first-order valence-electron chi connectivity index (χ1n) is 10.7. The Morgan fingerprint density at radius 1 is 1.03 bits per heavy atom. The maximum Gasteiger partial charge on any atom is 0.323 e. The van der Waals surface area contributed by atoms with Crippen molar-refractivity contribution in [3.8, 4) is 0 Å². The van der Waals surface area contributed by atoms with Crippen LogP contribution in [0.1, 0.15) is 30.2 Å². The highest BCUT2D eigenvalue weighted by atomic mass is 32.2. The predicted molar refractivity (Wildman–Crippen MR) is 132 cm³/mol. The molecule has 3 heterocycles. The van der Waals surface area contributed by atoms with E-state index < -0.39 is 21.6 Å². The van der Waals surface area contributed by atoms with E-state index in [4.69, 9.17) is 0 Å². The van der Waals surface area contributed by atoms with Crippen LogP contribution in [0.2, 0.25) is 0 Å². The van der Waals surface area contributed by atoms with Crippen molar-refractivity contribution in [1.29, 1.82) is 0 Å². The van der Waals surface area contributed by atoms with Crippen LogP contribution in [0.4, 0.5) is 11.4 Å². The summed E-state index contributed by atoms with van der Waals surface area (Å²) in [6.45, 7) is 4.00. The number of sulfonamides is 1. The maximum atomic E-state index is 13.0. The van der Waals surface area contributed by atoms with E-state index in [1.807, 2.05) is 13.8 Å².